The van der Waals surface area contributed by atoms with Gasteiger partial charge in [0.25, 0.3) is 11.4 Å². The fourth-order valence-corrected chi connectivity index (χ4v) is 11.3. The van der Waals surface area contributed by atoms with E-state index >= 15 is 0 Å². The van der Waals surface area contributed by atoms with Crippen molar-refractivity contribution in [2.24, 2.45) is 0 Å². The molecule has 0 spiro atoms. The number of hydrogen-bond donors (Lipinski definition) is 0. The number of nitro groups is 2. The summed E-state index contributed by atoms with van der Waals surface area (Å²) in [6.07, 6.45) is 0. The molecule has 318 valence electrons. The first-order valence-electron chi connectivity index (χ1n) is 22.2. The predicted octanol–water partition coefficient (Wildman–Crippen LogP) is 16.0. The van der Waals surface area contributed by atoms with E-state index < -0.39 is 0 Å². The van der Waals surface area contributed by atoms with Crippen molar-refractivity contribution < 1.29 is 9.85 Å². The Kier molecular flexibility index (Phi) is 8.37. The number of anilines is 6. The van der Waals surface area contributed by atoms with E-state index in [1.54, 1.807) is 24.3 Å². The molecule has 0 radical (unpaired) electrons. The third-order valence-electron chi connectivity index (χ3n) is 14.4. The van der Waals surface area contributed by atoms with E-state index in [0.717, 1.165) is 77.6 Å². The van der Waals surface area contributed by atoms with Crippen LogP contribution in [0.2, 0.25) is 0 Å². The van der Waals surface area contributed by atoms with E-state index in [0.29, 0.717) is 0 Å². The van der Waals surface area contributed by atoms with Gasteiger partial charge in [0.2, 0.25) is 0 Å². The van der Waals surface area contributed by atoms with Gasteiger partial charge in [-0.1, -0.05) is 137 Å². The predicted molar refractivity (Wildman–Crippen MR) is 268 cm³/mol. The second-order valence-electron chi connectivity index (χ2n) is 18.6. The first-order valence-corrected chi connectivity index (χ1v) is 22.2. The van der Waals surface area contributed by atoms with Crippen molar-refractivity contribution in [2.45, 2.75) is 38.5 Å². The van der Waals surface area contributed by atoms with Gasteiger partial charge in [0.05, 0.1) is 32.6 Å². The standard InChI is InChI=1S/C58H42N4O4/c1-57(2)45-13-7-5-11-41(45)55-47(57)15-9-17-51(55)59(37-23-27-39(28-24-37)61(63)64)49-33-21-35-20-32-44-50(34-22-36-19-31-43(49)53(35)54(36)44)60(38-25-29-40(30-26-38)62(65)66)52-18-10-16-48-56(52)42-12-6-8-14-46(42)58(48,3)4/h5-34H,1-4H3. The van der Waals surface area contributed by atoms with Crippen molar-refractivity contribution in [1.82, 2.24) is 0 Å². The summed E-state index contributed by atoms with van der Waals surface area (Å²) >= 11 is 0. The molecular formula is C58H42N4O4. The minimum Gasteiger partial charge on any atom is -0.309 e. The van der Waals surface area contributed by atoms with Gasteiger partial charge in [-0.3, -0.25) is 20.2 Å². The fourth-order valence-electron chi connectivity index (χ4n) is 11.3. The molecule has 12 rings (SSSR count). The van der Waals surface area contributed by atoms with Crippen LogP contribution in [-0.4, -0.2) is 9.85 Å². The minimum absolute atomic E-state index is 0.0278. The lowest BCUT2D eigenvalue weighted by Crippen LogP contribution is -2.16. The fraction of sp³-hybridized carbons (Fsp3) is 0.103. The molecule has 66 heavy (non-hydrogen) atoms. The molecule has 0 aliphatic heterocycles. The van der Waals surface area contributed by atoms with Crippen molar-refractivity contribution in [1.29, 1.82) is 0 Å². The molecule has 10 aromatic carbocycles. The maximum atomic E-state index is 12.0. The molecule has 0 bridgehead atoms. The van der Waals surface area contributed by atoms with E-state index in [4.69, 9.17) is 0 Å². The lowest BCUT2D eigenvalue weighted by molar-refractivity contribution is -0.385. The van der Waals surface area contributed by atoms with Crippen molar-refractivity contribution in [3.05, 3.63) is 224 Å². The number of nitrogens with zero attached hydrogens (tertiary/aromatic N) is 4. The summed E-state index contributed by atoms with van der Waals surface area (Å²) in [5.74, 6) is 0. The van der Waals surface area contributed by atoms with E-state index in [1.807, 2.05) is 24.3 Å². The van der Waals surface area contributed by atoms with Gasteiger partial charge in [0.1, 0.15) is 0 Å². The number of rotatable bonds is 8. The van der Waals surface area contributed by atoms with Crippen LogP contribution in [-0.2, 0) is 10.8 Å². The van der Waals surface area contributed by atoms with E-state index in [1.165, 1.54) is 33.4 Å². The SMILES string of the molecule is CC1(C)c2ccccc2-c2c(N(c3ccc([N+](=O)[O-])cc3)c3ccc4ccc5c(N(c6ccc([N+](=O)[O-])cc6)c6cccc7c6-c6ccccc6C7(C)C)ccc6ccc3c4c65)cccc21. The second-order valence-corrected chi connectivity index (χ2v) is 18.6. The smallest absolute Gasteiger partial charge is 0.269 e. The van der Waals surface area contributed by atoms with Crippen molar-refractivity contribution >= 4 is 77.8 Å². The summed E-state index contributed by atoms with van der Waals surface area (Å²) in [6.45, 7) is 9.09. The topological polar surface area (TPSA) is 92.8 Å². The van der Waals surface area contributed by atoms with Crippen molar-refractivity contribution in [2.75, 3.05) is 9.80 Å². The number of non-ortho nitro benzene ring substituents is 2. The summed E-state index contributed by atoms with van der Waals surface area (Å²) < 4.78 is 0. The Hall–Kier alpha value is -8.36. The zero-order valence-corrected chi connectivity index (χ0v) is 36.7. The molecule has 8 nitrogen and oxygen atoms in total. The molecule has 0 heterocycles. The van der Waals surface area contributed by atoms with E-state index in [2.05, 4.69) is 171 Å². The average molecular weight is 859 g/mol. The molecule has 10 aromatic rings. The molecule has 0 amide bonds. The van der Waals surface area contributed by atoms with Gasteiger partial charge in [-0.25, -0.2) is 0 Å². The number of nitro benzene ring substituents is 2. The molecule has 0 atom stereocenters. The third-order valence-corrected chi connectivity index (χ3v) is 14.4. The maximum absolute atomic E-state index is 12.0. The molecule has 0 fully saturated rings. The van der Waals surface area contributed by atoms with Crippen molar-refractivity contribution in [3.63, 3.8) is 0 Å². The number of benzene rings is 10. The van der Waals surface area contributed by atoms with Gasteiger partial charge in [0.15, 0.2) is 0 Å². The molecule has 2 aliphatic rings. The van der Waals surface area contributed by atoms with Gasteiger partial charge in [-0.15, -0.1) is 0 Å². The summed E-state index contributed by atoms with van der Waals surface area (Å²) in [4.78, 5) is 27.7. The van der Waals surface area contributed by atoms with E-state index in [9.17, 15) is 20.2 Å². The zero-order valence-electron chi connectivity index (χ0n) is 36.7. The van der Waals surface area contributed by atoms with E-state index in [-0.39, 0.29) is 32.1 Å². The molecule has 2 aliphatic carbocycles. The Morgan fingerprint density at radius 1 is 0.379 bits per heavy atom. The molecule has 0 aromatic heterocycles. The molecule has 0 unspecified atom stereocenters. The normalized spacial score (nSPS) is 13.9. The van der Waals surface area contributed by atoms with Crippen molar-refractivity contribution in [3.8, 4) is 22.3 Å². The second kappa shape index (κ2) is 14.1. The van der Waals surface area contributed by atoms with Gasteiger partial charge >= 0.3 is 0 Å². The minimum atomic E-state index is -0.357. The zero-order chi connectivity index (χ0) is 45.2. The van der Waals surface area contributed by atoms with Crippen LogP contribution in [0.4, 0.5) is 45.5 Å². The lowest BCUT2D eigenvalue weighted by atomic mass is 9.82. The average Bonchev–Trinajstić information content (AvgIpc) is 3.72. The van der Waals surface area contributed by atoms with Gasteiger partial charge < -0.3 is 9.80 Å². The molecule has 0 saturated carbocycles. The Morgan fingerprint density at radius 3 is 1.14 bits per heavy atom. The first-order chi connectivity index (χ1) is 31.9. The highest BCUT2D eigenvalue weighted by molar-refractivity contribution is 6.28. The van der Waals surface area contributed by atoms with Crippen LogP contribution in [0.1, 0.15) is 49.9 Å². The molecular weight excluding hydrogens is 817 g/mol. The summed E-state index contributed by atoms with van der Waals surface area (Å²) in [6, 6.07) is 61.4. The lowest BCUT2D eigenvalue weighted by Gasteiger charge is -2.31. The highest BCUT2D eigenvalue weighted by Crippen LogP contribution is 2.57. The van der Waals surface area contributed by atoms with Crippen LogP contribution in [0.3, 0.4) is 0 Å². The largest absolute Gasteiger partial charge is 0.309 e. The van der Waals surface area contributed by atoms with Crippen LogP contribution in [0.5, 0.6) is 0 Å². The number of hydrogen-bond acceptors (Lipinski definition) is 6. The molecule has 8 heteroatoms. The van der Waals surface area contributed by atoms with Crippen LogP contribution < -0.4 is 9.80 Å². The van der Waals surface area contributed by atoms with Crippen LogP contribution in [0, 0.1) is 20.2 Å². The molecule has 0 saturated heterocycles. The maximum Gasteiger partial charge on any atom is 0.269 e. The van der Waals surface area contributed by atoms with Crippen LogP contribution in [0.15, 0.2) is 182 Å². The van der Waals surface area contributed by atoms with Gasteiger partial charge in [0, 0.05) is 68.4 Å². The number of fused-ring (bicyclic) bond motifs is 6. The summed E-state index contributed by atoms with van der Waals surface area (Å²) in [5.41, 5.74) is 14.6. The Balaban J connectivity index is 1.13. The highest BCUT2D eigenvalue weighted by Gasteiger charge is 2.39. The highest BCUT2D eigenvalue weighted by atomic mass is 16.6. The van der Waals surface area contributed by atoms with Crippen LogP contribution >= 0.6 is 0 Å². The first kappa shape index (κ1) is 39.2. The van der Waals surface area contributed by atoms with Gasteiger partial charge in [-0.2, -0.15) is 0 Å². The van der Waals surface area contributed by atoms with Gasteiger partial charge in [-0.05, 0) is 103 Å². The Labute approximate surface area is 381 Å². The summed E-state index contributed by atoms with van der Waals surface area (Å²) in [7, 11) is 0. The summed E-state index contributed by atoms with van der Waals surface area (Å²) in [5, 5.41) is 30.3. The molecule has 0 N–H and O–H groups in total. The van der Waals surface area contributed by atoms with Crippen LogP contribution in [0.25, 0.3) is 54.6 Å². The Morgan fingerprint density at radius 2 is 0.742 bits per heavy atom. The third kappa shape index (κ3) is 5.51. The monoisotopic (exact) mass is 858 g/mol. The Bertz CT molecular complexity index is 3430. The quantitative estimate of drug-likeness (QED) is 0.0858.